The summed E-state index contributed by atoms with van der Waals surface area (Å²) in [6.07, 6.45) is 2.03. The second-order valence-electron chi connectivity index (χ2n) is 3.39. The van der Waals surface area contributed by atoms with E-state index in [0.29, 0.717) is 0 Å². The smallest absolute Gasteiger partial charge is 0.487 e. The lowest BCUT2D eigenvalue weighted by atomic mass is 10.0. The van der Waals surface area contributed by atoms with Gasteiger partial charge in [-0.2, -0.15) is 4.31 Å². The van der Waals surface area contributed by atoms with E-state index in [2.05, 4.69) is 13.1 Å². The second-order valence-corrected chi connectivity index (χ2v) is 7.76. The van der Waals surface area contributed by atoms with Gasteiger partial charge in [-0.15, -0.1) is 0 Å². The third-order valence-corrected chi connectivity index (χ3v) is 5.44. The van der Waals surface area contributed by atoms with Crippen LogP contribution in [-0.2, 0) is 31.6 Å². The van der Waals surface area contributed by atoms with Gasteiger partial charge in [0.15, 0.2) is 0 Å². The Balaban J connectivity index is 2.52. The Bertz CT molecular complexity index is 512. The summed E-state index contributed by atoms with van der Waals surface area (Å²) in [5, 5.41) is 0. The van der Waals surface area contributed by atoms with Gasteiger partial charge in [0.1, 0.15) is 7.85 Å². The molecule has 20 heavy (non-hydrogen) atoms. The van der Waals surface area contributed by atoms with Crippen LogP contribution in [0, 0.1) is 0 Å². The number of hydrogen-bond donors (Lipinski definition) is 3. The molecule has 2 radical (unpaired) electrons. The molecular formula is C5H9BO11P3-. The number of ether oxygens (including phenoxy) is 1. The van der Waals surface area contributed by atoms with Gasteiger partial charge in [-0.3, -0.25) is 9.09 Å². The number of hydrogen-bond acceptors (Lipinski definition) is 8. The molecule has 0 spiro atoms. The fraction of sp³-hybridized carbons (Fsp3) is 0.600. The van der Waals surface area contributed by atoms with Crippen molar-refractivity contribution in [2.75, 3.05) is 6.61 Å². The van der Waals surface area contributed by atoms with Crippen molar-refractivity contribution >= 4 is 31.3 Å². The van der Waals surface area contributed by atoms with Gasteiger partial charge in [-0.05, 0) is 0 Å². The predicted molar refractivity (Wildman–Crippen MR) is 61.2 cm³/mol. The van der Waals surface area contributed by atoms with Crippen molar-refractivity contribution in [3.8, 4) is 0 Å². The Morgan fingerprint density at radius 3 is 2.20 bits per heavy atom. The third-order valence-electron chi connectivity index (χ3n) is 1.66. The second kappa shape index (κ2) is 6.52. The third kappa shape index (κ3) is 7.26. The van der Waals surface area contributed by atoms with Crippen LogP contribution in [0.2, 0.25) is 0 Å². The molecular weight excluding hydrogens is 340 g/mol. The van der Waals surface area contributed by atoms with Gasteiger partial charge in [0.05, 0.1) is 12.7 Å². The van der Waals surface area contributed by atoms with E-state index < -0.39 is 42.2 Å². The standard InChI is InChI=1S/C5H10BO11P3/c6-5-2-1-4(15-5)3-14-19(10,11)17-20(12,13)16-18(7,8)9/h1-2,4-5H,3H2,(H,10,11)(H,12,13)(H2,7,8,9)/p-1. The van der Waals surface area contributed by atoms with Crippen molar-refractivity contribution in [2.24, 2.45) is 0 Å². The van der Waals surface area contributed by atoms with Crippen LogP contribution < -0.4 is 4.89 Å². The quantitative estimate of drug-likeness (QED) is 0.297. The van der Waals surface area contributed by atoms with Crippen LogP contribution in [0.4, 0.5) is 0 Å². The zero-order valence-corrected chi connectivity index (χ0v) is 12.2. The molecule has 0 bridgehead atoms. The first-order valence-corrected chi connectivity index (χ1v) is 9.23. The first-order chi connectivity index (χ1) is 8.89. The van der Waals surface area contributed by atoms with E-state index in [1.165, 1.54) is 12.2 Å². The fourth-order valence-electron chi connectivity index (χ4n) is 1.09. The lowest BCUT2D eigenvalue weighted by molar-refractivity contribution is -0.212. The summed E-state index contributed by atoms with van der Waals surface area (Å²) in [6.45, 7) is -0.563. The molecule has 0 saturated heterocycles. The van der Waals surface area contributed by atoms with Crippen LogP contribution in [0.1, 0.15) is 0 Å². The van der Waals surface area contributed by atoms with Crippen molar-refractivity contribution in [1.29, 1.82) is 0 Å². The highest BCUT2D eigenvalue weighted by atomic mass is 31.3. The van der Waals surface area contributed by atoms with Gasteiger partial charge < -0.3 is 24.3 Å². The van der Waals surface area contributed by atoms with E-state index >= 15 is 0 Å². The molecule has 1 aliphatic rings. The number of phosphoric ester groups is 1. The van der Waals surface area contributed by atoms with E-state index in [1.54, 1.807) is 0 Å². The molecule has 1 heterocycles. The molecule has 0 aliphatic carbocycles. The van der Waals surface area contributed by atoms with Crippen LogP contribution in [0.15, 0.2) is 12.2 Å². The molecule has 1 aliphatic heterocycles. The first kappa shape index (κ1) is 18.2. The highest BCUT2D eigenvalue weighted by molar-refractivity contribution is 7.66. The van der Waals surface area contributed by atoms with Crippen LogP contribution >= 0.6 is 23.5 Å². The van der Waals surface area contributed by atoms with Crippen molar-refractivity contribution < 1.29 is 51.2 Å². The fourth-order valence-corrected chi connectivity index (χ4v) is 4.09. The maximum absolute atomic E-state index is 11.3. The van der Waals surface area contributed by atoms with Crippen LogP contribution in [0.5, 0.6) is 0 Å². The minimum Gasteiger partial charge on any atom is -0.756 e. The molecule has 114 valence electrons. The average molecular weight is 349 g/mol. The highest BCUT2D eigenvalue weighted by Gasteiger charge is 2.38. The molecule has 11 nitrogen and oxygen atoms in total. The lowest BCUT2D eigenvalue weighted by Crippen LogP contribution is -2.17. The molecule has 5 atom stereocenters. The van der Waals surface area contributed by atoms with E-state index in [-0.39, 0.29) is 0 Å². The molecule has 15 heteroatoms. The number of rotatable bonds is 7. The van der Waals surface area contributed by atoms with E-state index in [1.807, 2.05) is 0 Å². The summed E-state index contributed by atoms with van der Waals surface area (Å²) in [6, 6.07) is -0.726. The minimum absolute atomic E-state index is 0.563. The Morgan fingerprint density at radius 2 is 1.75 bits per heavy atom. The van der Waals surface area contributed by atoms with Crippen molar-refractivity contribution in [3.05, 3.63) is 12.2 Å². The summed E-state index contributed by atoms with van der Waals surface area (Å²) in [4.78, 5) is 36.3. The molecule has 0 fully saturated rings. The van der Waals surface area contributed by atoms with Crippen LogP contribution in [0.3, 0.4) is 0 Å². The Labute approximate surface area is 114 Å². The predicted octanol–water partition coefficient (Wildman–Crippen LogP) is -0.853. The van der Waals surface area contributed by atoms with E-state index in [4.69, 9.17) is 27.3 Å². The first-order valence-electron chi connectivity index (χ1n) is 4.74. The van der Waals surface area contributed by atoms with Gasteiger partial charge >= 0.3 is 15.6 Å². The molecule has 3 N–H and O–H groups in total. The van der Waals surface area contributed by atoms with E-state index in [0.717, 1.165) is 0 Å². The molecule has 0 aromatic heterocycles. The number of phosphoric acid groups is 3. The Morgan fingerprint density at radius 1 is 1.15 bits per heavy atom. The van der Waals surface area contributed by atoms with Crippen molar-refractivity contribution in [2.45, 2.75) is 12.1 Å². The van der Waals surface area contributed by atoms with Crippen molar-refractivity contribution in [1.82, 2.24) is 0 Å². The van der Waals surface area contributed by atoms with Gasteiger partial charge in [-0.25, -0.2) is 13.4 Å². The summed E-state index contributed by atoms with van der Waals surface area (Å²) in [7, 11) is -11.0. The minimum atomic E-state index is -5.65. The van der Waals surface area contributed by atoms with Crippen LogP contribution in [0.25, 0.3) is 0 Å². The van der Waals surface area contributed by atoms with Gasteiger partial charge in [0.25, 0.3) is 7.82 Å². The van der Waals surface area contributed by atoms with E-state index in [9.17, 15) is 18.6 Å². The normalized spacial score (nSPS) is 31.4. The topological polar surface area (TPSA) is 172 Å². The SMILES string of the molecule is [B]C1C=CC(COP(=O)(O)OP(=O)(O)OP(=O)([O-])O)O1. The molecule has 0 saturated carbocycles. The van der Waals surface area contributed by atoms with Crippen LogP contribution in [-0.4, -0.2) is 41.2 Å². The molecule has 0 aromatic carbocycles. The monoisotopic (exact) mass is 349 g/mol. The summed E-state index contributed by atoms with van der Waals surface area (Å²) in [5.41, 5.74) is 0. The lowest BCUT2D eigenvalue weighted by Gasteiger charge is -2.21. The maximum Gasteiger partial charge on any atom is 0.487 e. The Hall–Kier alpha value is 0.175. The molecule has 1 rings (SSSR count). The average Bonchev–Trinajstić information content (AvgIpc) is 2.55. The zero-order chi connectivity index (χ0) is 15.6. The van der Waals surface area contributed by atoms with Gasteiger partial charge in [0, 0.05) is 6.00 Å². The highest BCUT2D eigenvalue weighted by Crippen LogP contribution is 2.65. The molecule has 0 aromatic rings. The van der Waals surface area contributed by atoms with Gasteiger partial charge in [-0.1, -0.05) is 12.2 Å². The summed E-state index contributed by atoms with van der Waals surface area (Å²) < 4.78 is 48.5. The zero-order valence-electron chi connectivity index (χ0n) is 9.54. The molecule has 5 unspecified atom stereocenters. The summed E-state index contributed by atoms with van der Waals surface area (Å²) >= 11 is 0. The Kier molecular flexibility index (Phi) is 5.94. The molecule has 0 amide bonds. The summed E-state index contributed by atoms with van der Waals surface area (Å²) in [5.74, 6) is 0. The van der Waals surface area contributed by atoms with Crippen molar-refractivity contribution in [3.63, 3.8) is 0 Å². The maximum atomic E-state index is 11.3. The largest absolute Gasteiger partial charge is 0.756 e. The van der Waals surface area contributed by atoms with Gasteiger partial charge in [0.2, 0.25) is 0 Å².